The number of hydrogen-bond acceptors (Lipinski definition) is 2. The highest BCUT2D eigenvalue weighted by molar-refractivity contribution is 5.71. The van der Waals surface area contributed by atoms with Gasteiger partial charge in [-0.05, 0) is 13.8 Å². The molecule has 10 heavy (non-hydrogen) atoms. The summed E-state index contributed by atoms with van der Waals surface area (Å²) in [5.41, 5.74) is 4.26. The number of nitriles is 1. The summed E-state index contributed by atoms with van der Waals surface area (Å²) in [7, 11) is 0. The van der Waals surface area contributed by atoms with Gasteiger partial charge in [0.25, 0.3) is 0 Å². The van der Waals surface area contributed by atoms with Crippen molar-refractivity contribution in [2.45, 2.75) is 13.8 Å². The second-order valence-corrected chi connectivity index (χ2v) is 2.71. The Labute approximate surface area is 60.0 Å². The van der Waals surface area contributed by atoms with Crippen LogP contribution in [0.4, 0.5) is 4.79 Å². The molecular formula is C6H11N3O. The standard InChI is InChI=1S/C6H11N3O/c1-6(2,3-7)4-9-5(8)10/h4H2,1-2H3,(H3,8,9,10). The van der Waals surface area contributed by atoms with Crippen LogP contribution in [0.2, 0.25) is 0 Å². The first-order chi connectivity index (χ1) is 4.48. The molecule has 0 aromatic carbocycles. The van der Waals surface area contributed by atoms with Gasteiger partial charge in [0, 0.05) is 6.54 Å². The summed E-state index contributed by atoms with van der Waals surface area (Å²) < 4.78 is 0. The zero-order chi connectivity index (χ0) is 8.20. The van der Waals surface area contributed by atoms with E-state index in [2.05, 4.69) is 5.32 Å². The van der Waals surface area contributed by atoms with E-state index in [-0.39, 0.29) is 0 Å². The molecule has 0 rings (SSSR count). The molecule has 0 fully saturated rings. The maximum atomic E-state index is 10.2. The number of urea groups is 1. The molecule has 0 heterocycles. The average Bonchev–Trinajstić information content (AvgIpc) is 1.85. The zero-order valence-electron chi connectivity index (χ0n) is 6.14. The van der Waals surface area contributed by atoms with E-state index in [9.17, 15) is 4.79 Å². The van der Waals surface area contributed by atoms with Crippen molar-refractivity contribution in [3.8, 4) is 6.07 Å². The minimum atomic E-state index is -0.594. The predicted molar refractivity (Wildman–Crippen MR) is 37.0 cm³/mol. The fraction of sp³-hybridized carbons (Fsp3) is 0.667. The number of rotatable bonds is 2. The van der Waals surface area contributed by atoms with E-state index in [0.29, 0.717) is 6.54 Å². The molecule has 56 valence electrons. The molecule has 0 atom stereocenters. The van der Waals surface area contributed by atoms with Crippen LogP contribution in [0.5, 0.6) is 0 Å². The van der Waals surface area contributed by atoms with Crippen LogP contribution in [0.15, 0.2) is 0 Å². The average molecular weight is 141 g/mol. The lowest BCUT2D eigenvalue weighted by molar-refractivity contribution is 0.246. The minimum absolute atomic E-state index is 0.291. The van der Waals surface area contributed by atoms with Crippen LogP contribution in [0, 0.1) is 16.7 Å². The quantitative estimate of drug-likeness (QED) is 0.576. The van der Waals surface area contributed by atoms with Crippen LogP contribution in [-0.2, 0) is 0 Å². The van der Waals surface area contributed by atoms with E-state index in [4.69, 9.17) is 11.0 Å². The molecule has 2 amide bonds. The van der Waals surface area contributed by atoms with Crippen molar-refractivity contribution in [3.63, 3.8) is 0 Å². The van der Waals surface area contributed by atoms with Gasteiger partial charge in [0.15, 0.2) is 0 Å². The Hall–Kier alpha value is -1.24. The molecule has 0 spiro atoms. The van der Waals surface area contributed by atoms with E-state index < -0.39 is 11.4 Å². The summed E-state index contributed by atoms with van der Waals surface area (Å²) >= 11 is 0. The van der Waals surface area contributed by atoms with Crippen LogP contribution in [0.3, 0.4) is 0 Å². The van der Waals surface area contributed by atoms with Crippen LogP contribution in [0.1, 0.15) is 13.8 Å². The zero-order valence-corrected chi connectivity index (χ0v) is 6.14. The Kier molecular flexibility index (Phi) is 2.68. The highest BCUT2D eigenvalue weighted by Crippen LogP contribution is 2.09. The maximum Gasteiger partial charge on any atom is 0.312 e. The Morgan fingerprint density at radius 1 is 1.80 bits per heavy atom. The van der Waals surface area contributed by atoms with E-state index in [1.165, 1.54) is 0 Å². The molecule has 4 heteroatoms. The maximum absolute atomic E-state index is 10.2. The first kappa shape index (κ1) is 8.76. The van der Waals surface area contributed by atoms with Crippen molar-refractivity contribution in [2.75, 3.05) is 6.54 Å². The molecule has 0 radical (unpaired) electrons. The third-order valence-corrected chi connectivity index (χ3v) is 1.01. The topological polar surface area (TPSA) is 78.9 Å². The van der Waals surface area contributed by atoms with Gasteiger partial charge in [-0.25, -0.2) is 4.79 Å². The molecule has 4 nitrogen and oxygen atoms in total. The molecule has 0 unspecified atom stereocenters. The van der Waals surface area contributed by atoms with Gasteiger partial charge in [0.2, 0.25) is 0 Å². The fourth-order valence-corrected chi connectivity index (χ4v) is 0.348. The molecule has 0 aromatic rings. The third kappa shape index (κ3) is 3.72. The second kappa shape index (κ2) is 3.06. The van der Waals surface area contributed by atoms with Gasteiger partial charge in [-0.1, -0.05) is 0 Å². The Morgan fingerprint density at radius 2 is 2.30 bits per heavy atom. The second-order valence-electron chi connectivity index (χ2n) is 2.71. The third-order valence-electron chi connectivity index (χ3n) is 1.01. The lowest BCUT2D eigenvalue weighted by Crippen LogP contribution is -2.36. The smallest absolute Gasteiger partial charge is 0.312 e. The predicted octanol–water partition coefficient (Wildman–Crippen LogP) is 0.204. The molecule has 0 aliphatic heterocycles. The van der Waals surface area contributed by atoms with Gasteiger partial charge >= 0.3 is 6.03 Å². The molecule has 0 saturated carbocycles. The summed E-state index contributed by atoms with van der Waals surface area (Å²) in [6.45, 7) is 3.74. The van der Waals surface area contributed by atoms with E-state index in [1.807, 2.05) is 6.07 Å². The molecule has 0 aromatic heterocycles. The number of nitrogens with two attached hydrogens (primary N) is 1. The van der Waals surface area contributed by atoms with Crippen LogP contribution in [-0.4, -0.2) is 12.6 Å². The highest BCUT2D eigenvalue weighted by Gasteiger charge is 2.16. The molecule has 0 aliphatic carbocycles. The molecular weight excluding hydrogens is 130 g/mol. The first-order valence-corrected chi connectivity index (χ1v) is 2.92. The number of primary amides is 1. The van der Waals surface area contributed by atoms with Gasteiger partial charge in [-0.15, -0.1) is 0 Å². The number of nitrogens with one attached hydrogen (secondary N) is 1. The SMILES string of the molecule is CC(C)(C#N)CNC(N)=O. The van der Waals surface area contributed by atoms with Crippen molar-refractivity contribution in [2.24, 2.45) is 11.1 Å². The van der Waals surface area contributed by atoms with E-state index >= 15 is 0 Å². The number of carbonyl (C=O) groups is 1. The normalized spacial score (nSPS) is 10.1. The van der Waals surface area contributed by atoms with Gasteiger partial charge in [0.1, 0.15) is 0 Å². The fourth-order valence-electron chi connectivity index (χ4n) is 0.348. The molecule has 0 saturated heterocycles. The Bertz CT molecular complexity index is 168. The summed E-state index contributed by atoms with van der Waals surface area (Å²) in [6.07, 6.45) is 0. The summed E-state index contributed by atoms with van der Waals surface area (Å²) in [5.74, 6) is 0. The van der Waals surface area contributed by atoms with Crippen LogP contribution < -0.4 is 11.1 Å². The number of carbonyl (C=O) groups excluding carboxylic acids is 1. The van der Waals surface area contributed by atoms with Gasteiger partial charge in [0.05, 0.1) is 11.5 Å². The molecule has 0 bridgehead atoms. The molecule has 0 aliphatic rings. The van der Waals surface area contributed by atoms with Gasteiger partial charge in [-0.3, -0.25) is 0 Å². The van der Waals surface area contributed by atoms with Crippen molar-refractivity contribution in [1.82, 2.24) is 5.32 Å². The monoisotopic (exact) mass is 141 g/mol. The lowest BCUT2D eigenvalue weighted by atomic mass is 9.96. The van der Waals surface area contributed by atoms with Gasteiger partial charge in [-0.2, -0.15) is 5.26 Å². The Balaban J connectivity index is 3.71. The molecule has 3 N–H and O–H groups in total. The number of nitrogens with zero attached hydrogens (tertiary/aromatic N) is 1. The first-order valence-electron chi connectivity index (χ1n) is 2.92. The summed E-state index contributed by atoms with van der Waals surface area (Å²) in [5, 5.41) is 10.8. The van der Waals surface area contributed by atoms with E-state index in [0.717, 1.165) is 0 Å². The summed E-state index contributed by atoms with van der Waals surface area (Å²) in [4.78, 5) is 10.2. The van der Waals surface area contributed by atoms with Crippen molar-refractivity contribution >= 4 is 6.03 Å². The van der Waals surface area contributed by atoms with Crippen LogP contribution >= 0.6 is 0 Å². The van der Waals surface area contributed by atoms with Crippen molar-refractivity contribution < 1.29 is 4.79 Å². The number of hydrogen-bond donors (Lipinski definition) is 2. The van der Waals surface area contributed by atoms with Crippen molar-refractivity contribution in [1.29, 1.82) is 5.26 Å². The Morgan fingerprint density at radius 3 is 2.60 bits per heavy atom. The van der Waals surface area contributed by atoms with Crippen molar-refractivity contribution in [3.05, 3.63) is 0 Å². The largest absolute Gasteiger partial charge is 0.352 e. The lowest BCUT2D eigenvalue weighted by Gasteiger charge is -2.13. The minimum Gasteiger partial charge on any atom is -0.352 e. The number of amides is 2. The van der Waals surface area contributed by atoms with E-state index in [1.54, 1.807) is 13.8 Å². The van der Waals surface area contributed by atoms with Crippen LogP contribution in [0.25, 0.3) is 0 Å². The van der Waals surface area contributed by atoms with Gasteiger partial charge < -0.3 is 11.1 Å². The summed E-state index contributed by atoms with van der Waals surface area (Å²) in [6, 6.07) is 1.43. The highest BCUT2D eigenvalue weighted by atomic mass is 16.2.